The molecule has 0 bridgehead atoms. The van der Waals surface area contributed by atoms with Gasteiger partial charge in [0.2, 0.25) is 0 Å². The lowest BCUT2D eigenvalue weighted by Gasteiger charge is -2.32. The molecule has 1 aliphatic rings. The monoisotopic (exact) mass is 282 g/mol. The number of likely N-dealkylation sites (N-methyl/N-ethyl adjacent to an activating group) is 1. The Morgan fingerprint density at radius 2 is 1.90 bits per heavy atom. The Hall–Kier alpha value is -2.16. The summed E-state index contributed by atoms with van der Waals surface area (Å²) in [6.45, 7) is 5.01. The van der Waals surface area contributed by atoms with Gasteiger partial charge in [0.15, 0.2) is 0 Å². The van der Waals surface area contributed by atoms with Crippen LogP contribution in [0.4, 0.5) is 11.4 Å². The Balaban J connectivity index is 1.80. The van der Waals surface area contributed by atoms with E-state index in [0.717, 1.165) is 37.6 Å². The maximum absolute atomic E-state index is 5.78. The van der Waals surface area contributed by atoms with Gasteiger partial charge in [-0.1, -0.05) is 18.2 Å². The van der Waals surface area contributed by atoms with E-state index in [1.165, 1.54) is 11.3 Å². The summed E-state index contributed by atoms with van der Waals surface area (Å²) in [6, 6.07) is 16.5. The van der Waals surface area contributed by atoms with E-state index < -0.39 is 0 Å². The Morgan fingerprint density at radius 3 is 2.67 bits per heavy atom. The fourth-order valence-electron chi connectivity index (χ4n) is 2.97. The number of hydrogen-bond acceptors (Lipinski definition) is 3. The van der Waals surface area contributed by atoms with Crippen LogP contribution in [0.1, 0.15) is 24.8 Å². The highest BCUT2D eigenvalue weighted by Gasteiger charge is 2.23. The van der Waals surface area contributed by atoms with Gasteiger partial charge >= 0.3 is 0 Å². The Bertz CT molecular complexity index is 594. The van der Waals surface area contributed by atoms with Crippen LogP contribution in [0.25, 0.3) is 0 Å². The van der Waals surface area contributed by atoms with Crippen LogP contribution in [0.3, 0.4) is 0 Å². The van der Waals surface area contributed by atoms with Crippen molar-refractivity contribution in [2.45, 2.75) is 19.3 Å². The van der Waals surface area contributed by atoms with Gasteiger partial charge < -0.3 is 15.4 Å². The summed E-state index contributed by atoms with van der Waals surface area (Å²) in [6.07, 6.45) is 1.07. The number of benzene rings is 2. The molecule has 1 atom stereocenters. The normalized spacial score (nSPS) is 16.9. The first-order chi connectivity index (χ1) is 10.3. The lowest BCUT2D eigenvalue weighted by molar-refractivity contribution is 0.267. The molecular formula is C18H22N2O. The first-order valence-corrected chi connectivity index (χ1v) is 7.60. The summed E-state index contributed by atoms with van der Waals surface area (Å²) in [7, 11) is 0. The molecule has 0 spiro atoms. The second kappa shape index (κ2) is 6.08. The van der Waals surface area contributed by atoms with Gasteiger partial charge in [0.1, 0.15) is 5.75 Å². The van der Waals surface area contributed by atoms with Crippen LogP contribution < -0.4 is 15.4 Å². The Labute approximate surface area is 126 Å². The van der Waals surface area contributed by atoms with Gasteiger partial charge in [0, 0.05) is 30.4 Å². The van der Waals surface area contributed by atoms with E-state index in [0.29, 0.717) is 5.92 Å². The molecule has 3 rings (SSSR count). The number of anilines is 2. The number of rotatable bonds is 4. The van der Waals surface area contributed by atoms with E-state index >= 15 is 0 Å². The maximum atomic E-state index is 5.78. The molecule has 0 fully saturated rings. The highest BCUT2D eigenvalue weighted by atomic mass is 16.5. The fourth-order valence-corrected chi connectivity index (χ4v) is 2.97. The molecule has 1 aliphatic heterocycles. The van der Waals surface area contributed by atoms with Crippen molar-refractivity contribution in [3.8, 4) is 5.75 Å². The number of fused-ring (bicyclic) bond motifs is 1. The molecule has 1 unspecified atom stereocenters. The number of nitrogens with zero attached hydrogens (tertiary/aromatic N) is 1. The van der Waals surface area contributed by atoms with Crippen molar-refractivity contribution in [2.75, 3.05) is 30.3 Å². The lowest BCUT2D eigenvalue weighted by Crippen LogP contribution is -2.30. The largest absolute Gasteiger partial charge is 0.493 e. The van der Waals surface area contributed by atoms with E-state index in [2.05, 4.69) is 42.2 Å². The van der Waals surface area contributed by atoms with Crippen molar-refractivity contribution in [3.05, 3.63) is 54.1 Å². The van der Waals surface area contributed by atoms with Crippen LogP contribution in [0.15, 0.2) is 48.5 Å². The molecule has 0 radical (unpaired) electrons. The molecule has 0 saturated carbocycles. The second-order valence-corrected chi connectivity index (χ2v) is 5.50. The highest BCUT2D eigenvalue weighted by molar-refractivity contribution is 5.53. The number of hydrogen-bond donors (Lipinski definition) is 1. The molecular weight excluding hydrogens is 260 g/mol. The van der Waals surface area contributed by atoms with Gasteiger partial charge in [-0.2, -0.15) is 0 Å². The van der Waals surface area contributed by atoms with Crippen LogP contribution >= 0.6 is 0 Å². The Kier molecular flexibility index (Phi) is 4.00. The van der Waals surface area contributed by atoms with E-state index in [-0.39, 0.29) is 0 Å². The SMILES string of the molecule is CCN(CC1CCOc2ccccc21)c1ccc(N)cc1. The van der Waals surface area contributed by atoms with E-state index in [1.54, 1.807) is 0 Å². The van der Waals surface area contributed by atoms with Crippen LogP contribution in [0.5, 0.6) is 5.75 Å². The minimum absolute atomic E-state index is 0.521. The predicted molar refractivity (Wildman–Crippen MR) is 88.0 cm³/mol. The average Bonchev–Trinajstić information content (AvgIpc) is 2.54. The molecule has 0 aliphatic carbocycles. The maximum Gasteiger partial charge on any atom is 0.122 e. The number of nitrogen functional groups attached to an aromatic ring is 1. The molecule has 2 N–H and O–H groups in total. The predicted octanol–water partition coefficient (Wildman–Crippen LogP) is 3.66. The molecule has 3 nitrogen and oxygen atoms in total. The molecule has 0 aromatic heterocycles. The van der Waals surface area contributed by atoms with Gasteiger partial charge in [-0.3, -0.25) is 0 Å². The van der Waals surface area contributed by atoms with Gasteiger partial charge in [-0.05, 0) is 49.2 Å². The number of nitrogens with two attached hydrogens (primary N) is 1. The summed E-state index contributed by atoms with van der Waals surface area (Å²) in [5.74, 6) is 1.56. The molecule has 2 aromatic rings. The quantitative estimate of drug-likeness (QED) is 0.870. The summed E-state index contributed by atoms with van der Waals surface area (Å²) < 4.78 is 5.76. The third-order valence-electron chi connectivity index (χ3n) is 4.16. The van der Waals surface area contributed by atoms with Crippen LogP contribution in [-0.2, 0) is 0 Å². The van der Waals surface area contributed by atoms with Gasteiger partial charge in [0.05, 0.1) is 6.61 Å². The standard InChI is InChI=1S/C18H22N2O/c1-2-20(16-9-7-15(19)8-10-16)13-14-11-12-21-18-6-4-3-5-17(14)18/h3-10,14H,2,11-13,19H2,1H3. The highest BCUT2D eigenvalue weighted by Crippen LogP contribution is 2.34. The zero-order chi connectivity index (χ0) is 14.7. The fraction of sp³-hybridized carbons (Fsp3) is 0.333. The van der Waals surface area contributed by atoms with Crippen LogP contribution in [-0.4, -0.2) is 19.7 Å². The van der Waals surface area contributed by atoms with Crippen molar-refractivity contribution in [2.24, 2.45) is 0 Å². The second-order valence-electron chi connectivity index (χ2n) is 5.50. The third kappa shape index (κ3) is 2.97. The van der Waals surface area contributed by atoms with Gasteiger partial charge in [-0.25, -0.2) is 0 Å². The average molecular weight is 282 g/mol. The van der Waals surface area contributed by atoms with Crippen LogP contribution in [0, 0.1) is 0 Å². The minimum Gasteiger partial charge on any atom is -0.493 e. The summed E-state index contributed by atoms with van der Waals surface area (Å²) in [4.78, 5) is 2.41. The van der Waals surface area contributed by atoms with Gasteiger partial charge in [0.25, 0.3) is 0 Å². The minimum atomic E-state index is 0.521. The first-order valence-electron chi connectivity index (χ1n) is 7.60. The van der Waals surface area contributed by atoms with Crippen molar-refractivity contribution in [1.29, 1.82) is 0 Å². The van der Waals surface area contributed by atoms with Crippen LogP contribution in [0.2, 0.25) is 0 Å². The summed E-state index contributed by atoms with van der Waals surface area (Å²) >= 11 is 0. The molecule has 1 heterocycles. The van der Waals surface area contributed by atoms with Crippen molar-refractivity contribution < 1.29 is 4.74 Å². The third-order valence-corrected chi connectivity index (χ3v) is 4.16. The Morgan fingerprint density at radius 1 is 1.14 bits per heavy atom. The smallest absolute Gasteiger partial charge is 0.122 e. The molecule has 2 aromatic carbocycles. The molecule has 110 valence electrons. The first kappa shape index (κ1) is 13.8. The van der Waals surface area contributed by atoms with E-state index in [1.807, 2.05) is 18.2 Å². The topological polar surface area (TPSA) is 38.5 Å². The van der Waals surface area contributed by atoms with E-state index in [9.17, 15) is 0 Å². The number of para-hydroxylation sites is 1. The van der Waals surface area contributed by atoms with Crippen molar-refractivity contribution >= 4 is 11.4 Å². The molecule has 3 heteroatoms. The van der Waals surface area contributed by atoms with Crippen molar-refractivity contribution in [1.82, 2.24) is 0 Å². The van der Waals surface area contributed by atoms with Gasteiger partial charge in [-0.15, -0.1) is 0 Å². The lowest BCUT2D eigenvalue weighted by atomic mass is 9.92. The summed E-state index contributed by atoms with van der Waals surface area (Å²) in [5, 5.41) is 0. The molecule has 0 saturated heterocycles. The molecule has 21 heavy (non-hydrogen) atoms. The number of ether oxygens (including phenoxy) is 1. The van der Waals surface area contributed by atoms with Crippen molar-refractivity contribution in [3.63, 3.8) is 0 Å². The zero-order valence-electron chi connectivity index (χ0n) is 12.5. The zero-order valence-corrected chi connectivity index (χ0v) is 12.5. The van der Waals surface area contributed by atoms with E-state index in [4.69, 9.17) is 10.5 Å². The summed E-state index contributed by atoms with van der Waals surface area (Å²) in [5.41, 5.74) is 9.16. The molecule has 0 amide bonds.